The van der Waals surface area contributed by atoms with Gasteiger partial charge in [-0.3, -0.25) is 4.99 Å². The second kappa shape index (κ2) is 10.7. The number of methoxy groups -OCH3 is 3. The Balaban J connectivity index is 2.08. The summed E-state index contributed by atoms with van der Waals surface area (Å²) in [5.41, 5.74) is 3.70. The largest absolute Gasteiger partial charge is 0.493 e. The predicted octanol–water partition coefficient (Wildman–Crippen LogP) is 3.51. The van der Waals surface area contributed by atoms with Gasteiger partial charge >= 0.3 is 0 Å². The first-order valence-corrected chi connectivity index (χ1v) is 9.33. The first kappa shape index (κ1) is 22.5. The molecule has 0 atom stereocenters. The van der Waals surface area contributed by atoms with Crippen molar-refractivity contribution in [1.82, 2.24) is 10.2 Å². The maximum Gasteiger partial charge on any atom is 0.193 e. The Morgan fingerprint density at radius 1 is 1.07 bits per heavy atom. The smallest absolute Gasteiger partial charge is 0.193 e. The predicted molar refractivity (Wildman–Crippen MR) is 113 cm³/mol. The Morgan fingerprint density at radius 3 is 2.38 bits per heavy atom. The first-order chi connectivity index (χ1) is 13.9. The molecule has 0 aliphatic heterocycles. The van der Waals surface area contributed by atoms with Gasteiger partial charge in [-0.2, -0.15) is 0 Å². The van der Waals surface area contributed by atoms with Gasteiger partial charge in [0.25, 0.3) is 0 Å². The molecule has 6 nitrogen and oxygen atoms in total. The van der Waals surface area contributed by atoms with Crippen LogP contribution in [-0.4, -0.2) is 46.3 Å². The third kappa shape index (κ3) is 5.84. The van der Waals surface area contributed by atoms with E-state index in [0.717, 1.165) is 22.6 Å². The van der Waals surface area contributed by atoms with E-state index in [1.165, 1.54) is 6.07 Å². The number of aryl methyl sites for hydroxylation is 1. The van der Waals surface area contributed by atoms with Crippen molar-refractivity contribution >= 4 is 5.96 Å². The molecule has 2 rings (SSSR count). The molecule has 0 unspecified atom stereocenters. The summed E-state index contributed by atoms with van der Waals surface area (Å²) in [6, 6.07) is 8.97. The molecular formula is C22H30FN3O3. The van der Waals surface area contributed by atoms with Crippen LogP contribution in [0.2, 0.25) is 0 Å². The van der Waals surface area contributed by atoms with E-state index in [1.54, 1.807) is 40.5 Å². The summed E-state index contributed by atoms with van der Waals surface area (Å²) >= 11 is 0. The molecule has 0 amide bonds. The zero-order valence-electron chi connectivity index (χ0n) is 18.0. The molecule has 2 aromatic rings. The molecule has 0 saturated heterocycles. The lowest BCUT2D eigenvalue weighted by Crippen LogP contribution is -2.38. The van der Waals surface area contributed by atoms with Crippen LogP contribution in [0.3, 0.4) is 0 Å². The Bertz CT molecular complexity index is 855. The van der Waals surface area contributed by atoms with Crippen molar-refractivity contribution in [2.75, 3.05) is 35.4 Å². The van der Waals surface area contributed by atoms with E-state index < -0.39 is 0 Å². The van der Waals surface area contributed by atoms with Crippen LogP contribution in [0.15, 0.2) is 35.3 Å². The van der Waals surface area contributed by atoms with Crippen molar-refractivity contribution in [2.24, 2.45) is 4.99 Å². The molecule has 29 heavy (non-hydrogen) atoms. The van der Waals surface area contributed by atoms with Gasteiger partial charge in [-0.15, -0.1) is 0 Å². The van der Waals surface area contributed by atoms with Crippen LogP contribution in [-0.2, 0) is 24.4 Å². The maximum atomic E-state index is 13.8. The molecule has 158 valence electrons. The van der Waals surface area contributed by atoms with Crippen LogP contribution in [0.5, 0.6) is 11.5 Å². The summed E-state index contributed by atoms with van der Waals surface area (Å²) in [4.78, 5) is 6.38. The number of hydrogen-bond donors (Lipinski definition) is 1. The van der Waals surface area contributed by atoms with Crippen LogP contribution in [0.25, 0.3) is 0 Å². The number of rotatable bonds is 8. The molecule has 0 aliphatic rings. The van der Waals surface area contributed by atoms with Crippen molar-refractivity contribution in [3.63, 3.8) is 0 Å². The normalized spacial score (nSPS) is 11.3. The van der Waals surface area contributed by atoms with E-state index in [9.17, 15) is 4.39 Å². The van der Waals surface area contributed by atoms with Crippen LogP contribution in [0.1, 0.15) is 22.3 Å². The number of guanidine groups is 1. The second-order valence-corrected chi connectivity index (χ2v) is 6.75. The minimum atomic E-state index is -0.263. The van der Waals surface area contributed by atoms with Gasteiger partial charge in [0.05, 0.1) is 20.8 Å². The topological polar surface area (TPSA) is 55.3 Å². The maximum absolute atomic E-state index is 13.8. The van der Waals surface area contributed by atoms with Gasteiger partial charge in [0, 0.05) is 39.9 Å². The summed E-state index contributed by atoms with van der Waals surface area (Å²) in [5, 5.41) is 3.32. The van der Waals surface area contributed by atoms with E-state index in [1.807, 2.05) is 31.0 Å². The van der Waals surface area contributed by atoms with Crippen molar-refractivity contribution < 1.29 is 18.6 Å². The molecule has 1 N–H and O–H groups in total. The zero-order chi connectivity index (χ0) is 21.4. The lowest BCUT2D eigenvalue weighted by Gasteiger charge is -2.24. The van der Waals surface area contributed by atoms with Gasteiger partial charge in [0.2, 0.25) is 0 Å². The zero-order valence-corrected chi connectivity index (χ0v) is 18.0. The van der Waals surface area contributed by atoms with Gasteiger partial charge < -0.3 is 24.4 Å². The summed E-state index contributed by atoms with van der Waals surface area (Å²) < 4.78 is 29.6. The number of ether oxygens (including phenoxy) is 3. The highest BCUT2D eigenvalue weighted by molar-refractivity contribution is 5.79. The Hall–Kier alpha value is -2.80. The number of hydrogen-bond acceptors (Lipinski definition) is 4. The molecule has 0 spiro atoms. The van der Waals surface area contributed by atoms with E-state index >= 15 is 0 Å². The molecular weight excluding hydrogens is 373 g/mol. The first-order valence-electron chi connectivity index (χ1n) is 9.33. The SMILES string of the molecule is CN=C(NCc1ccc(F)c(COC)c1)N(C)Cc1cc(OC)c(OC)cc1C. The van der Waals surface area contributed by atoms with Crippen molar-refractivity contribution in [1.29, 1.82) is 0 Å². The Morgan fingerprint density at radius 2 is 1.76 bits per heavy atom. The number of nitrogens with one attached hydrogen (secondary N) is 1. The summed E-state index contributed by atoms with van der Waals surface area (Å²) in [6.07, 6.45) is 0. The van der Waals surface area contributed by atoms with Crippen LogP contribution in [0.4, 0.5) is 4.39 Å². The van der Waals surface area contributed by atoms with Gasteiger partial charge in [-0.25, -0.2) is 4.39 Å². The molecule has 0 aliphatic carbocycles. The van der Waals surface area contributed by atoms with Gasteiger partial charge in [-0.05, 0) is 47.9 Å². The van der Waals surface area contributed by atoms with Crippen molar-refractivity contribution in [3.8, 4) is 11.5 Å². The fraction of sp³-hybridized carbons (Fsp3) is 0.409. The Kier molecular flexibility index (Phi) is 8.27. The lowest BCUT2D eigenvalue weighted by atomic mass is 10.1. The monoisotopic (exact) mass is 403 g/mol. The minimum Gasteiger partial charge on any atom is -0.493 e. The van der Waals surface area contributed by atoms with E-state index in [2.05, 4.69) is 10.3 Å². The highest BCUT2D eigenvalue weighted by Crippen LogP contribution is 2.30. The van der Waals surface area contributed by atoms with Crippen molar-refractivity contribution in [2.45, 2.75) is 26.6 Å². The number of aliphatic imine (C=N–C) groups is 1. The van der Waals surface area contributed by atoms with Crippen molar-refractivity contribution in [3.05, 3.63) is 58.4 Å². The summed E-state index contributed by atoms with van der Waals surface area (Å²) in [7, 11) is 8.51. The standard InChI is InChI=1S/C22H30FN3O3/c1-15-9-20(28-5)21(29-6)11-17(15)13-26(3)22(24-2)25-12-16-7-8-19(23)18(10-16)14-27-4/h7-11H,12-14H2,1-6H3,(H,24,25). The number of nitrogens with zero attached hydrogens (tertiary/aromatic N) is 2. The van der Waals surface area contributed by atoms with Crippen LogP contribution < -0.4 is 14.8 Å². The van der Waals surface area contributed by atoms with E-state index in [-0.39, 0.29) is 12.4 Å². The molecule has 0 radical (unpaired) electrons. The number of benzene rings is 2. The summed E-state index contributed by atoms with van der Waals surface area (Å²) in [5.74, 6) is 1.88. The lowest BCUT2D eigenvalue weighted by molar-refractivity contribution is 0.181. The van der Waals surface area contributed by atoms with E-state index in [0.29, 0.717) is 30.2 Å². The van der Waals surface area contributed by atoms with E-state index in [4.69, 9.17) is 14.2 Å². The minimum absolute atomic E-state index is 0.243. The molecule has 7 heteroatoms. The Labute approximate surface area is 172 Å². The molecule has 0 aromatic heterocycles. The summed E-state index contributed by atoms with van der Waals surface area (Å²) in [6.45, 7) is 3.45. The second-order valence-electron chi connectivity index (χ2n) is 6.75. The molecule has 2 aromatic carbocycles. The fourth-order valence-corrected chi connectivity index (χ4v) is 3.09. The molecule has 0 fully saturated rings. The van der Waals surface area contributed by atoms with Crippen LogP contribution in [0, 0.1) is 12.7 Å². The fourth-order valence-electron chi connectivity index (χ4n) is 3.09. The highest BCUT2D eigenvalue weighted by atomic mass is 19.1. The molecule has 0 bridgehead atoms. The van der Waals surface area contributed by atoms with Gasteiger partial charge in [0.15, 0.2) is 17.5 Å². The quantitative estimate of drug-likeness (QED) is 0.540. The molecule has 0 saturated carbocycles. The average Bonchev–Trinajstić information content (AvgIpc) is 2.72. The van der Waals surface area contributed by atoms with Crippen LogP contribution >= 0.6 is 0 Å². The third-order valence-electron chi connectivity index (χ3n) is 4.68. The third-order valence-corrected chi connectivity index (χ3v) is 4.68. The van der Waals surface area contributed by atoms with Gasteiger partial charge in [-0.1, -0.05) is 6.07 Å². The number of halogens is 1. The highest BCUT2D eigenvalue weighted by Gasteiger charge is 2.13. The average molecular weight is 403 g/mol. The molecule has 0 heterocycles. The van der Waals surface area contributed by atoms with Gasteiger partial charge in [0.1, 0.15) is 5.82 Å².